The Bertz CT molecular complexity index is 594. The van der Waals surface area contributed by atoms with Gasteiger partial charge in [-0.3, -0.25) is 9.79 Å². The molecule has 1 aliphatic heterocycles. The molecule has 0 atom stereocenters. The molecule has 1 aromatic rings. The van der Waals surface area contributed by atoms with Gasteiger partial charge in [-0.1, -0.05) is 13.8 Å². The molecule has 0 bridgehead atoms. The molecule has 1 aromatic heterocycles. The molecule has 0 aliphatic carbocycles. The summed E-state index contributed by atoms with van der Waals surface area (Å²) in [5.74, 6) is 1.15. The van der Waals surface area contributed by atoms with Crippen molar-refractivity contribution in [2.75, 3.05) is 20.1 Å². The molecule has 2 rings (SSSR count). The maximum atomic E-state index is 12.0. The van der Waals surface area contributed by atoms with E-state index >= 15 is 0 Å². The number of hydrogen-bond acceptors (Lipinski definition) is 4. The number of piperidine rings is 1. The molecule has 0 spiro atoms. The van der Waals surface area contributed by atoms with E-state index in [9.17, 15) is 4.79 Å². The SMILES string of the molecule is CN=C(NCc1sc(C)nc1C)NC1CCN(C(=O)C(C)C)CC1.I. The average Bonchev–Trinajstić information content (AvgIpc) is 2.88. The molecule has 0 radical (unpaired) electrons. The Balaban J connectivity index is 0.00000312. The van der Waals surface area contributed by atoms with Crippen molar-refractivity contribution in [2.45, 2.75) is 53.1 Å². The lowest BCUT2D eigenvalue weighted by atomic mass is 10.0. The van der Waals surface area contributed by atoms with Crippen LogP contribution in [0.2, 0.25) is 0 Å². The summed E-state index contributed by atoms with van der Waals surface area (Å²) in [6.45, 7) is 10.4. The van der Waals surface area contributed by atoms with Gasteiger partial charge in [0.25, 0.3) is 0 Å². The van der Waals surface area contributed by atoms with E-state index in [2.05, 4.69) is 20.6 Å². The molecule has 1 fully saturated rings. The van der Waals surface area contributed by atoms with Crippen LogP contribution in [0.5, 0.6) is 0 Å². The van der Waals surface area contributed by atoms with E-state index in [0.717, 1.165) is 49.1 Å². The minimum absolute atomic E-state index is 0. The number of nitrogens with zero attached hydrogens (tertiary/aromatic N) is 3. The Labute approximate surface area is 171 Å². The number of carbonyl (C=O) groups is 1. The van der Waals surface area contributed by atoms with Gasteiger partial charge in [0, 0.05) is 37.0 Å². The number of guanidine groups is 1. The highest BCUT2D eigenvalue weighted by atomic mass is 127. The van der Waals surface area contributed by atoms with E-state index in [1.807, 2.05) is 32.6 Å². The highest BCUT2D eigenvalue weighted by Gasteiger charge is 2.24. The molecule has 1 amide bonds. The molecule has 25 heavy (non-hydrogen) atoms. The Morgan fingerprint density at radius 3 is 2.48 bits per heavy atom. The number of halogens is 1. The Kier molecular flexibility index (Phi) is 9.12. The lowest BCUT2D eigenvalue weighted by molar-refractivity contribution is -0.135. The third-order valence-electron chi connectivity index (χ3n) is 4.28. The normalized spacial score (nSPS) is 15.9. The quantitative estimate of drug-likeness (QED) is 0.396. The molecule has 0 aromatic carbocycles. The molecule has 1 aliphatic rings. The van der Waals surface area contributed by atoms with Crippen molar-refractivity contribution in [1.82, 2.24) is 20.5 Å². The third kappa shape index (κ3) is 6.40. The summed E-state index contributed by atoms with van der Waals surface area (Å²) in [5, 5.41) is 7.94. The van der Waals surface area contributed by atoms with Gasteiger partial charge in [-0.25, -0.2) is 4.98 Å². The van der Waals surface area contributed by atoms with E-state index in [1.165, 1.54) is 4.88 Å². The second kappa shape index (κ2) is 10.3. The zero-order chi connectivity index (χ0) is 17.7. The summed E-state index contributed by atoms with van der Waals surface area (Å²) in [7, 11) is 1.79. The summed E-state index contributed by atoms with van der Waals surface area (Å²) >= 11 is 1.72. The highest BCUT2D eigenvalue weighted by Crippen LogP contribution is 2.17. The van der Waals surface area contributed by atoms with Crippen molar-refractivity contribution in [1.29, 1.82) is 0 Å². The van der Waals surface area contributed by atoms with E-state index in [0.29, 0.717) is 6.04 Å². The van der Waals surface area contributed by atoms with Gasteiger partial charge in [0.1, 0.15) is 0 Å². The Hall–Kier alpha value is -0.900. The summed E-state index contributed by atoms with van der Waals surface area (Å²) in [4.78, 5) is 24.0. The van der Waals surface area contributed by atoms with Gasteiger partial charge in [0.2, 0.25) is 5.91 Å². The number of thiazole rings is 1. The van der Waals surface area contributed by atoms with Crippen LogP contribution in [0, 0.1) is 19.8 Å². The molecular weight excluding hydrogens is 449 g/mol. The smallest absolute Gasteiger partial charge is 0.225 e. The first-order valence-electron chi connectivity index (χ1n) is 8.59. The number of aryl methyl sites for hydroxylation is 2. The fourth-order valence-corrected chi connectivity index (χ4v) is 3.78. The summed E-state index contributed by atoms with van der Waals surface area (Å²) in [5.41, 5.74) is 1.08. The largest absolute Gasteiger partial charge is 0.354 e. The fraction of sp³-hybridized carbons (Fsp3) is 0.706. The molecule has 8 heteroatoms. The van der Waals surface area contributed by atoms with Crippen LogP contribution in [0.3, 0.4) is 0 Å². The minimum atomic E-state index is 0. The zero-order valence-corrected chi connectivity index (χ0v) is 18.9. The van der Waals surface area contributed by atoms with Gasteiger partial charge in [-0.2, -0.15) is 0 Å². The number of hydrogen-bond donors (Lipinski definition) is 2. The van der Waals surface area contributed by atoms with Crippen LogP contribution < -0.4 is 10.6 Å². The lowest BCUT2D eigenvalue weighted by Gasteiger charge is -2.34. The highest BCUT2D eigenvalue weighted by molar-refractivity contribution is 14.0. The van der Waals surface area contributed by atoms with Crippen molar-refractivity contribution in [3.8, 4) is 0 Å². The molecule has 2 N–H and O–H groups in total. The number of nitrogens with one attached hydrogen (secondary N) is 2. The van der Waals surface area contributed by atoms with Gasteiger partial charge >= 0.3 is 0 Å². The van der Waals surface area contributed by atoms with Crippen molar-refractivity contribution in [3.63, 3.8) is 0 Å². The average molecular weight is 479 g/mol. The maximum Gasteiger partial charge on any atom is 0.225 e. The van der Waals surface area contributed by atoms with Crippen LogP contribution in [-0.2, 0) is 11.3 Å². The second-order valence-corrected chi connectivity index (χ2v) is 7.85. The third-order valence-corrected chi connectivity index (χ3v) is 5.35. The van der Waals surface area contributed by atoms with Gasteiger partial charge in [0.05, 0.1) is 17.2 Å². The van der Waals surface area contributed by atoms with Crippen molar-refractivity contribution in [3.05, 3.63) is 15.6 Å². The van der Waals surface area contributed by atoms with E-state index in [4.69, 9.17) is 0 Å². The fourth-order valence-electron chi connectivity index (χ4n) is 2.90. The molecule has 1 saturated heterocycles. The van der Waals surface area contributed by atoms with Gasteiger partial charge in [-0.15, -0.1) is 35.3 Å². The van der Waals surface area contributed by atoms with Gasteiger partial charge in [0.15, 0.2) is 5.96 Å². The van der Waals surface area contributed by atoms with Crippen LogP contribution in [0.1, 0.15) is 42.3 Å². The minimum Gasteiger partial charge on any atom is -0.354 e. The number of likely N-dealkylation sites (tertiary alicyclic amines) is 1. The Morgan fingerprint density at radius 2 is 2.00 bits per heavy atom. The number of aromatic nitrogens is 1. The van der Waals surface area contributed by atoms with E-state index in [1.54, 1.807) is 18.4 Å². The van der Waals surface area contributed by atoms with Crippen LogP contribution in [0.25, 0.3) is 0 Å². The maximum absolute atomic E-state index is 12.0. The van der Waals surface area contributed by atoms with E-state index < -0.39 is 0 Å². The van der Waals surface area contributed by atoms with Gasteiger partial charge in [-0.05, 0) is 26.7 Å². The molecule has 0 unspecified atom stereocenters. The second-order valence-electron chi connectivity index (χ2n) is 6.57. The lowest BCUT2D eigenvalue weighted by Crippen LogP contribution is -2.50. The first-order chi connectivity index (χ1) is 11.4. The van der Waals surface area contributed by atoms with E-state index in [-0.39, 0.29) is 35.8 Å². The standard InChI is InChI=1S/C17H29N5OS.HI/c1-11(2)16(23)22-8-6-14(7-9-22)21-17(18-5)19-10-15-12(3)20-13(4)24-15;/h11,14H,6-10H2,1-5H3,(H2,18,19,21);1H. The number of amides is 1. The van der Waals surface area contributed by atoms with Crippen LogP contribution in [0.15, 0.2) is 4.99 Å². The van der Waals surface area contributed by atoms with Crippen molar-refractivity contribution < 1.29 is 4.79 Å². The number of aliphatic imine (C=N–C) groups is 1. The van der Waals surface area contributed by atoms with Crippen LogP contribution in [0.4, 0.5) is 0 Å². The topological polar surface area (TPSA) is 69.6 Å². The molecule has 6 nitrogen and oxygen atoms in total. The first kappa shape index (κ1) is 22.1. The first-order valence-corrected chi connectivity index (χ1v) is 9.41. The summed E-state index contributed by atoms with van der Waals surface area (Å²) in [6.07, 6.45) is 1.91. The molecule has 2 heterocycles. The monoisotopic (exact) mass is 479 g/mol. The number of carbonyl (C=O) groups excluding carboxylic acids is 1. The molecule has 0 saturated carbocycles. The van der Waals surface area contributed by atoms with Crippen molar-refractivity contribution in [2.24, 2.45) is 10.9 Å². The van der Waals surface area contributed by atoms with Gasteiger partial charge < -0.3 is 15.5 Å². The van der Waals surface area contributed by atoms with Crippen molar-refractivity contribution >= 4 is 47.2 Å². The summed E-state index contributed by atoms with van der Waals surface area (Å²) in [6, 6.07) is 0.358. The van der Waals surface area contributed by atoms with Crippen LogP contribution in [-0.4, -0.2) is 47.9 Å². The molecule has 142 valence electrons. The Morgan fingerprint density at radius 1 is 1.36 bits per heavy atom. The predicted molar refractivity (Wildman–Crippen MR) is 115 cm³/mol. The number of rotatable bonds is 4. The zero-order valence-electron chi connectivity index (χ0n) is 15.8. The van der Waals surface area contributed by atoms with Crippen LogP contribution >= 0.6 is 35.3 Å². The predicted octanol–water partition coefficient (Wildman–Crippen LogP) is 2.69. The molecular formula is C17H30IN5OS. The summed E-state index contributed by atoms with van der Waals surface area (Å²) < 4.78 is 0.